The van der Waals surface area contributed by atoms with Crippen molar-refractivity contribution in [2.45, 2.75) is 32.4 Å². The van der Waals surface area contributed by atoms with Gasteiger partial charge in [0.25, 0.3) is 5.91 Å². The van der Waals surface area contributed by atoms with Crippen LogP contribution in [0, 0.1) is 15.0 Å². The van der Waals surface area contributed by atoms with Gasteiger partial charge in [-0.1, -0.05) is 12.1 Å². The number of aromatic nitrogens is 1. The molecule has 2 atom stereocenters. The van der Waals surface area contributed by atoms with Crippen LogP contribution in [0.15, 0.2) is 41.4 Å². The van der Waals surface area contributed by atoms with E-state index in [0.29, 0.717) is 17.6 Å². The van der Waals surface area contributed by atoms with Crippen molar-refractivity contribution in [3.63, 3.8) is 0 Å². The normalized spacial score (nSPS) is 14.0. The highest BCUT2D eigenvalue weighted by Gasteiger charge is 2.20. The number of carbonyl (C=O) groups excluding carboxylic acids is 1. The topological polar surface area (TPSA) is 115 Å². The molecule has 0 aliphatic rings. The highest BCUT2D eigenvalue weighted by molar-refractivity contribution is 5.93. The van der Waals surface area contributed by atoms with Crippen LogP contribution in [-0.4, -0.2) is 34.4 Å². The number of nitro groups is 1. The highest BCUT2D eigenvalue weighted by Crippen LogP contribution is 2.12. The van der Waals surface area contributed by atoms with E-state index in [1.165, 1.54) is 19.2 Å². The van der Waals surface area contributed by atoms with Gasteiger partial charge in [-0.05, 0) is 24.6 Å². The van der Waals surface area contributed by atoms with Crippen molar-refractivity contribution in [3.05, 3.63) is 56.8 Å². The molecule has 0 radical (unpaired) electrons. The van der Waals surface area contributed by atoms with E-state index in [1.807, 2.05) is 0 Å². The fourth-order valence-corrected chi connectivity index (χ4v) is 1.86. The van der Waals surface area contributed by atoms with Crippen LogP contribution in [0.3, 0.4) is 0 Å². The summed E-state index contributed by atoms with van der Waals surface area (Å²) in [7, 11) is 0. The van der Waals surface area contributed by atoms with Gasteiger partial charge in [0.05, 0.1) is 5.56 Å². The molecule has 1 aromatic heterocycles. The molecule has 0 aliphatic carbocycles. The first-order valence-electron chi connectivity index (χ1n) is 6.84. The predicted molar refractivity (Wildman–Crippen MR) is 81.0 cm³/mol. The largest absolute Gasteiger partial charge is 0.349 e. The molecule has 0 bridgehead atoms. The summed E-state index contributed by atoms with van der Waals surface area (Å²) in [6.45, 7) is 3.19. The van der Waals surface area contributed by atoms with Crippen LogP contribution < -0.4 is 5.32 Å². The summed E-state index contributed by atoms with van der Waals surface area (Å²) in [5.74, 6) is -0.379. The Labute approximate surface area is 127 Å². The van der Waals surface area contributed by atoms with Crippen molar-refractivity contribution >= 4 is 5.91 Å². The molecule has 8 heteroatoms. The third-order valence-corrected chi connectivity index (χ3v) is 3.20. The molecular formula is C14H18N4O4. The smallest absolute Gasteiger partial charge is 0.252 e. The molecule has 1 rings (SSSR count). The molecule has 0 saturated heterocycles. The lowest BCUT2D eigenvalue weighted by molar-refractivity contribution is -0.508. The van der Waals surface area contributed by atoms with Crippen molar-refractivity contribution in [2.24, 2.45) is 5.18 Å². The average Bonchev–Trinajstić information content (AvgIpc) is 2.55. The van der Waals surface area contributed by atoms with Gasteiger partial charge in [-0.25, -0.2) is 0 Å². The Bertz CT molecular complexity index is 559. The van der Waals surface area contributed by atoms with E-state index < -0.39 is 17.0 Å². The van der Waals surface area contributed by atoms with Crippen molar-refractivity contribution in [1.82, 2.24) is 10.3 Å². The first-order chi connectivity index (χ1) is 10.5. The van der Waals surface area contributed by atoms with Gasteiger partial charge in [0, 0.05) is 36.4 Å². The first-order valence-corrected chi connectivity index (χ1v) is 6.84. The number of hydrogen-bond acceptors (Lipinski definition) is 6. The van der Waals surface area contributed by atoms with Gasteiger partial charge in [-0.3, -0.25) is 19.9 Å². The Morgan fingerprint density at radius 1 is 1.59 bits per heavy atom. The maximum Gasteiger partial charge on any atom is 0.252 e. The fraction of sp³-hybridized carbons (Fsp3) is 0.429. The number of rotatable bonds is 8. The second-order valence-electron chi connectivity index (χ2n) is 4.68. The zero-order chi connectivity index (χ0) is 16.5. The highest BCUT2D eigenvalue weighted by atomic mass is 16.6. The molecule has 1 amide bonds. The molecule has 8 nitrogen and oxygen atoms in total. The van der Waals surface area contributed by atoms with Gasteiger partial charge in [-0.2, -0.15) is 4.91 Å². The summed E-state index contributed by atoms with van der Waals surface area (Å²) in [5.41, 5.74) is 0.871. The number of hydrogen-bond donors (Lipinski definition) is 1. The lowest BCUT2D eigenvalue weighted by Gasteiger charge is -2.11. The Kier molecular flexibility index (Phi) is 6.81. The molecule has 0 saturated carbocycles. The third kappa shape index (κ3) is 5.04. The summed E-state index contributed by atoms with van der Waals surface area (Å²) in [6.07, 6.45) is 4.83. The van der Waals surface area contributed by atoms with Gasteiger partial charge in [-0.15, -0.1) is 0 Å². The minimum Gasteiger partial charge on any atom is -0.349 e. The molecule has 0 aliphatic heterocycles. The number of nitroso groups, excluding NO2 is 1. The monoisotopic (exact) mass is 306 g/mol. The van der Waals surface area contributed by atoms with E-state index in [4.69, 9.17) is 0 Å². The van der Waals surface area contributed by atoms with E-state index in [2.05, 4.69) is 15.5 Å². The minimum absolute atomic E-state index is 0.0227. The van der Waals surface area contributed by atoms with Crippen LogP contribution in [0.25, 0.3) is 0 Å². The van der Waals surface area contributed by atoms with Crippen LogP contribution in [0.4, 0.5) is 0 Å². The second-order valence-corrected chi connectivity index (χ2v) is 4.68. The zero-order valence-corrected chi connectivity index (χ0v) is 12.4. The quantitative estimate of drug-likeness (QED) is 0.341. The number of nitrogens with one attached hydrogen (secondary N) is 1. The molecular weight excluding hydrogens is 288 g/mol. The Balaban J connectivity index is 2.70. The Morgan fingerprint density at radius 3 is 2.82 bits per heavy atom. The fourth-order valence-electron chi connectivity index (χ4n) is 1.86. The van der Waals surface area contributed by atoms with Gasteiger partial charge >= 0.3 is 0 Å². The van der Waals surface area contributed by atoms with E-state index >= 15 is 0 Å². The summed E-state index contributed by atoms with van der Waals surface area (Å²) < 4.78 is 0. The molecule has 118 valence electrons. The van der Waals surface area contributed by atoms with Crippen molar-refractivity contribution < 1.29 is 9.72 Å². The maximum absolute atomic E-state index is 11.8. The van der Waals surface area contributed by atoms with Gasteiger partial charge in [0.2, 0.25) is 6.04 Å². The van der Waals surface area contributed by atoms with Crippen LogP contribution >= 0.6 is 0 Å². The molecule has 2 unspecified atom stereocenters. The third-order valence-electron chi connectivity index (χ3n) is 3.20. The number of nitrogens with zero attached hydrogens (tertiary/aromatic N) is 3. The standard InChI is InChI=1S/C14H18N4O4/c1-3-11(10(2)18(21)22)7-13(17-20)9-16-14(19)12-5-4-6-15-8-12/h4-8,10,13H,3,9H2,1-2H3,(H,16,19). The summed E-state index contributed by atoms with van der Waals surface area (Å²) >= 11 is 0. The molecule has 1 heterocycles. The molecule has 22 heavy (non-hydrogen) atoms. The molecule has 0 aromatic carbocycles. The van der Waals surface area contributed by atoms with Crippen molar-refractivity contribution in [3.8, 4) is 0 Å². The summed E-state index contributed by atoms with van der Waals surface area (Å²) in [5, 5.41) is 16.3. The lowest BCUT2D eigenvalue weighted by atomic mass is 10.0. The average molecular weight is 306 g/mol. The Morgan fingerprint density at radius 2 is 2.32 bits per heavy atom. The van der Waals surface area contributed by atoms with Gasteiger partial charge in [0.1, 0.15) is 6.04 Å². The lowest BCUT2D eigenvalue weighted by Crippen LogP contribution is -2.31. The van der Waals surface area contributed by atoms with Crippen LogP contribution in [0.5, 0.6) is 0 Å². The van der Waals surface area contributed by atoms with Crippen molar-refractivity contribution in [2.75, 3.05) is 6.54 Å². The van der Waals surface area contributed by atoms with Gasteiger partial charge < -0.3 is 5.32 Å². The van der Waals surface area contributed by atoms with E-state index in [1.54, 1.807) is 25.3 Å². The molecule has 0 spiro atoms. The first kappa shape index (κ1) is 17.4. The van der Waals surface area contributed by atoms with E-state index in [9.17, 15) is 19.8 Å². The van der Waals surface area contributed by atoms with Crippen molar-refractivity contribution in [1.29, 1.82) is 0 Å². The SMILES string of the molecule is CCC(=CC(CNC(=O)c1cccnc1)N=O)C(C)[N+](=O)[O-]. The van der Waals surface area contributed by atoms with E-state index in [0.717, 1.165) is 0 Å². The van der Waals surface area contributed by atoms with E-state index in [-0.39, 0.29) is 12.5 Å². The Hall–Kier alpha value is -2.64. The predicted octanol–water partition coefficient (Wildman–Crippen LogP) is 1.95. The van der Waals surface area contributed by atoms with Gasteiger partial charge in [0.15, 0.2) is 0 Å². The number of pyridine rings is 1. The van der Waals surface area contributed by atoms with Crippen LogP contribution in [0.1, 0.15) is 30.6 Å². The van der Waals surface area contributed by atoms with Crippen LogP contribution in [-0.2, 0) is 0 Å². The minimum atomic E-state index is -0.886. The zero-order valence-electron chi connectivity index (χ0n) is 12.4. The molecule has 1 N–H and O–H groups in total. The number of amides is 1. The second kappa shape index (κ2) is 8.60. The summed E-state index contributed by atoms with van der Waals surface area (Å²) in [4.78, 5) is 36.9. The molecule has 0 fully saturated rings. The summed E-state index contributed by atoms with van der Waals surface area (Å²) in [6, 6.07) is 1.48. The number of carbonyl (C=O) groups is 1. The van der Waals surface area contributed by atoms with Crippen LogP contribution in [0.2, 0.25) is 0 Å². The molecule has 1 aromatic rings. The maximum atomic E-state index is 11.8.